The van der Waals surface area contributed by atoms with Gasteiger partial charge >= 0.3 is 6.09 Å². The van der Waals surface area contributed by atoms with Crippen molar-refractivity contribution in [2.24, 2.45) is 0 Å². The largest absolute Gasteiger partial charge is 0.450 e. The molecule has 0 unspecified atom stereocenters. The number of nitrogens with one attached hydrogen (secondary N) is 2. The average molecular weight is 357 g/mol. The van der Waals surface area contributed by atoms with Crippen molar-refractivity contribution < 1.29 is 14.3 Å². The molecular weight excluding hydrogens is 336 g/mol. The lowest BCUT2D eigenvalue weighted by molar-refractivity contribution is -0.125. The normalized spacial score (nSPS) is 10.9. The zero-order valence-electron chi connectivity index (χ0n) is 12.5. The van der Waals surface area contributed by atoms with E-state index in [-0.39, 0.29) is 5.91 Å². The maximum atomic E-state index is 12.3. The predicted octanol–water partition coefficient (Wildman–Crippen LogP) is 2.59. The van der Waals surface area contributed by atoms with Crippen LogP contribution in [0, 0.1) is 0 Å². The fraction of sp³-hybridized carbons (Fsp3) is 0.467. The lowest BCUT2D eigenvalue weighted by Crippen LogP contribution is -2.43. The minimum Gasteiger partial charge on any atom is -0.450 e. The van der Waals surface area contributed by atoms with Crippen LogP contribution in [0.4, 0.5) is 4.79 Å². The van der Waals surface area contributed by atoms with Gasteiger partial charge in [-0.25, -0.2) is 4.79 Å². The molecule has 0 spiro atoms. The van der Waals surface area contributed by atoms with Gasteiger partial charge in [0, 0.05) is 17.6 Å². The molecule has 1 aromatic rings. The van der Waals surface area contributed by atoms with Crippen LogP contribution in [0.5, 0.6) is 0 Å². The molecule has 2 N–H and O–H groups in total. The number of ether oxygens (including phenoxy) is 1. The van der Waals surface area contributed by atoms with E-state index in [0.29, 0.717) is 19.7 Å². The molecular formula is C15H21BrN2O3. The van der Waals surface area contributed by atoms with Crippen LogP contribution in [0.1, 0.15) is 26.3 Å². The highest BCUT2D eigenvalue weighted by Crippen LogP contribution is 2.25. The Morgan fingerprint density at radius 2 is 1.90 bits per heavy atom. The van der Waals surface area contributed by atoms with Crippen LogP contribution in [-0.2, 0) is 14.9 Å². The minimum atomic E-state index is -0.645. The second-order valence-corrected chi connectivity index (χ2v) is 5.95. The molecule has 0 atom stereocenters. The summed E-state index contributed by atoms with van der Waals surface area (Å²) in [6.07, 6.45) is -0.474. The van der Waals surface area contributed by atoms with Crippen molar-refractivity contribution in [3.05, 3.63) is 34.3 Å². The van der Waals surface area contributed by atoms with Crippen molar-refractivity contribution >= 4 is 27.9 Å². The SMILES string of the molecule is CCOC(=O)NCCNC(=O)C(C)(C)c1cccc(Br)c1. The summed E-state index contributed by atoms with van der Waals surface area (Å²) in [5, 5.41) is 5.37. The number of alkyl carbamates (subject to hydrolysis) is 1. The Labute approximate surface area is 133 Å². The van der Waals surface area contributed by atoms with E-state index in [2.05, 4.69) is 26.6 Å². The van der Waals surface area contributed by atoms with Crippen molar-refractivity contribution in [2.75, 3.05) is 19.7 Å². The molecule has 0 heterocycles. The molecule has 6 heteroatoms. The van der Waals surface area contributed by atoms with Gasteiger partial charge in [0.15, 0.2) is 0 Å². The number of benzene rings is 1. The maximum Gasteiger partial charge on any atom is 0.407 e. The molecule has 2 amide bonds. The number of amides is 2. The monoisotopic (exact) mass is 356 g/mol. The van der Waals surface area contributed by atoms with Gasteiger partial charge in [0.2, 0.25) is 5.91 Å². The number of halogens is 1. The number of hydrogen-bond donors (Lipinski definition) is 2. The van der Waals surface area contributed by atoms with E-state index in [4.69, 9.17) is 4.74 Å². The lowest BCUT2D eigenvalue weighted by Gasteiger charge is -2.24. The Bertz CT molecular complexity index is 503. The van der Waals surface area contributed by atoms with E-state index in [1.54, 1.807) is 6.92 Å². The first kappa shape index (κ1) is 17.5. The number of carbonyl (C=O) groups excluding carboxylic acids is 2. The summed E-state index contributed by atoms with van der Waals surface area (Å²) in [6, 6.07) is 7.66. The van der Waals surface area contributed by atoms with Gasteiger partial charge in [0.25, 0.3) is 0 Å². The summed E-state index contributed by atoms with van der Waals surface area (Å²) >= 11 is 3.41. The second-order valence-electron chi connectivity index (χ2n) is 5.04. The molecule has 0 fully saturated rings. The number of hydrogen-bond acceptors (Lipinski definition) is 3. The van der Waals surface area contributed by atoms with E-state index >= 15 is 0 Å². The standard InChI is InChI=1S/C15H21BrN2O3/c1-4-21-14(20)18-9-8-17-13(19)15(2,3)11-6-5-7-12(16)10-11/h5-7,10H,4,8-9H2,1-3H3,(H,17,19)(H,18,20). The first-order chi connectivity index (χ1) is 9.87. The van der Waals surface area contributed by atoms with Gasteiger partial charge in [-0.3, -0.25) is 4.79 Å². The van der Waals surface area contributed by atoms with E-state index in [1.165, 1.54) is 0 Å². The zero-order chi connectivity index (χ0) is 15.9. The molecule has 21 heavy (non-hydrogen) atoms. The highest BCUT2D eigenvalue weighted by molar-refractivity contribution is 9.10. The third-order valence-electron chi connectivity index (χ3n) is 3.07. The highest BCUT2D eigenvalue weighted by Gasteiger charge is 2.29. The fourth-order valence-electron chi connectivity index (χ4n) is 1.75. The second kappa shape index (κ2) is 8.02. The van der Waals surface area contributed by atoms with E-state index < -0.39 is 11.5 Å². The zero-order valence-corrected chi connectivity index (χ0v) is 14.1. The molecule has 0 aliphatic heterocycles. The van der Waals surface area contributed by atoms with Gasteiger partial charge < -0.3 is 15.4 Å². The smallest absolute Gasteiger partial charge is 0.407 e. The molecule has 0 aromatic heterocycles. The van der Waals surface area contributed by atoms with Crippen molar-refractivity contribution in [3.63, 3.8) is 0 Å². The summed E-state index contributed by atoms with van der Waals surface area (Å²) in [4.78, 5) is 23.4. The summed E-state index contributed by atoms with van der Waals surface area (Å²) in [5.74, 6) is -0.0914. The van der Waals surface area contributed by atoms with E-state index in [1.807, 2.05) is 38.1 Å². The van der Waals surface area contributed by atoms with Gasteiger partial charge in [-0.05, 0) is 38.5 Å². The molecule has 1 rings (SSSR count). The summed E-state index contributed by atoms with van der Waals surface area (Å²) in [6.45, 7) is 6.48. The Hall–Kier alpha value is -1.56. The third-order valence-corrected chi connectivity index (χ3v) is 3.56. The van der Waals surface area contributed by atoms with Crippen LogP contribution in [-0.4, -0.2) is 31.7 Å². The first-order valence-electron chi connectivity index (χ1n) is 6.83. The quantitative estimate of drug-likeness (QED) is 0.769. The van der Waals surface area contributed by atoms with Crippen LogP contribution in [0.15, 0.2) is 28.7 Å². The van der Waals surface area contributed by atoms with Crippen molar-refractivity contribution in [3.8, 4) is 0 Å². The number of rotatable bonds is 6. The topological polar surface area (TPSA) is 67.4 Å². The molecule has 0 bridgehead atoms. The van der Waals surface area contributed by atoms with E-state index in [0.717, 1.165) is 10.0 Å². The summed E-state index contributed by atoms with van der Waals surface area (Å²) < 4.78 is 5.67. The molecule has 0 aliphatic carbocycles. The van der Waals surface area contributed by atoms with Crippen LogP contribution >= 0.6 is 15.9 Å². The van der Waals surface area contributed by atoms with Crippen molar-refractivity contribution in [1.29, 1.82) is 0 Å². The van der Waals surface area contributed by atoms with Gasteiger partial charge in [-0.15, -0.1) is 0 Å². The van der Waals surface area contributed by atoms with Gasteiger partial charge in [0.05, 0.1) is 12.0 Å². The Morgan fingerprint density at radius 1 is 1.24 bits per heavy atom. The van der Waals surface area contributed by atoms with Gasteiger partial charge in [-0.2, -0.15) is 0 Å². The molecule has 0 saturated carbocycles. The fourth-order valence-corrected chi connectivity index (χ4v) is 2.15. The van der Waals surface area contributed by atoms with Gasteiger partial charge in [0.1, 0.15) is 0 Å². The van der Waals surface area contributed by atoms with E-state index in [9.17, 15) is 9.59 Å². The molecule has 0 aliphatic rings. The molecule has 1 aromatic carbocycles. The Morgan fingerprint density at radius 3 is 2.52 bits per heavy atom. The van der Waals surface area contributed by atoms with Crippen LogP contribution < -0.4 is 10.6 Å². The Balaban J connectivity index is 2.49. The molecule has 0 saturated heterocycles. The highest BCUT2D eigenvalue weighted by atomic mass is 79.9. The predicted molar refractivity (Wildman–Crippen MR) is 85.2 cm³/mol. The molecule has 0 radical (unpaired) electrons. The van der Waals surface area contributed by atoms with Gasteiger partial charge in [-0.1, -0.05) is 28.1 Å². The summed E-state index contributed by atoms with van der Waals surface area (Å²) in [5.41, 5.74) is 0.279. The molecule has 5 nitrogen and oxygen atoms in total. The third kappa shape index (κ3) is 5.38. The minimum absolute atomic E-state index is 0.0914. The molecule has 116 valence electrons. The Kier molecular flexibility index (Phi) is 6.68. The lowest BCUT2D eigenvalue weighted by atomic mass is 9.84. The first-order valence-corrected chi connectivity index (χ1v) is 7.62. The maximum absolute atomic E-state index is 12.3. The van der Waals surface area contributed by atoms with Crippen LogP contribution in [0.2, 0.25) is 0 Å². The van der Waals surface area contributed by atoms with Crippen LogP contribution in [0.3, 0.4) is 0 Å². The number of carbonyl (C=O) groups is 2. The summed E-state index contributed by atoms with van der Waals surface area (Å²) in [7, 11) is 0. The van der Waals surface area contributed by atoms with Crippen molar-refractivity contribution in [2.45, 2.75) is 26.2 Å². The van der Waals surface area contributed by atoms with Crippen LogP contribution in [0.25, 0.3) is 0 Å². The van der Waals surface area contributed by atoms with Crippen molar-refractivity contribution in [1.82, 2.24) is 10.6 Å². The average Bonchev–Trinajstić information content (AvgIpc) is 2.43.